The van der Waals surface area contributed by atoms with E-state index in [1.807, 2.05) is 20.8 Å². The molecule has 0 radical (unpaired) electrons. The molecule has 2 amide bonds. The van der Waals surface area contributed by atoms with Crippen LogP contribution in [0.2, 0.25) is 0 Å². The second-order valence-electron chi connectivity index (χ2n) is 6.18. The lowest BCUT2D eigenvalue weighted by atomic mass is 10.2. The van der Waals surface area contributed by atoms with Crippen molar-refractivity contribution in [3.63, 3.8) is 0 Å². The van der Waals surface area contributed by atoms with Gasteiger partial charge in [-0.2, -0.15) is 0 Å². The quantitative estimate of drug-likeness (QED) is 0.765. The first-order valence-electron chi connectivity index (χ1n) is 6.77. The zero-order valence-corrected chi connectivity index (χ0v) is 13.1. The predicted octanol–water partition coefficient (Wildman–Crippen LogP) is 0.946. The normalized spacial score (nSPS) is 18.8. The van der Waals surface area contributed by atoms with E-state index < -0.39 is 16.9 Å². The molecule has 1 saturated carbocycles. The van der Waals surface area contributed by atoms with Crippen LogP contribution < -0.4 is 5.32 Å². The van der Waals surface area contributed by atoms with Gasteiger partial charge in [-0.3, -0.25) is 4.21 Å². The highest BCUT2D eigenvalue weighted by Crippen LogP contribution is 2.32. The molecule has 19 heavy (non-hydrogen) atoms. The van der Waals surface area contributed by atoms with E-state index in [0.29, 0.717) is 24.8 Å². The maximum atomic E-state index is 11.8. The highest BCUT2D eigenvalue weighted by Gasteiger charge is 2.31. The number of nitrogens with zero attached hydrogens (tertiary/aromatic N) is 1. The zero-order valence-electron chi connectivity index (χ0n) is 12.3. The number of hydrogen-bond acceptors (Lipinski definition) is 3. The van der Waals surface area contributed by atoms with Crippen LogP contribution in [0.3, 0.4) is 0 Å². The third-order valence-electron chi connectivity index (χ3n) is 3.22. The number of nitrogens with one attached hydrogen (secondary N) is 1. The fourth-order valence-electron chi connectivity index (χ4n) is 1.69. The second-order valence-corrected chi connectivity index (χ2v) is 8.50. The van der Waals surface area contributed by atoms with Crippen LogP contribution in [0.15, 0.2) is 0 Å². The summed E-state index contributed by atoms with van der Waals surface area (Å²) in [6.45, 7) is 6.51. The smallest absolute Gasteiger partial charge is 0.317 e. The van der Waals surface area contributed by atoms with Crippen molar-refractivity contribution < 1.29 is 14.1 Å². The average molecular weight is 290 g/mol. The van der Waals surface area contributed by atoms with Crippen LogP contribution in [0, 0.1) is 5.92 Å². The monoisotopic (exact) mass is 290 g/mol. The van der Waals surface area contributed by atoms with Gasteiger partial charge in [-0.05, 0) is 39.5 Å². The van der Waals surface area contributed by atoms with Gasteiger partial charge >= 0.3 is 6.03 Å². The summed E-state index contributed by atoms with van der Waals surface area (Å²) in [5.41, 5.74) is 0. The van der Waals surface area contributed by atoms with Crippen molar-refractivity contribution in [3.8, 4) is 0 Å². The Bertz CT molecular complexity index is 337. The molecule has 2 unspecified atom stereocenters. The van der Waals surface area contributed by atoms with Crippen molar-refractivity contribution in [1.29, 1.82) is 0 Å². The minimum atomic E-state index is -0.958. The van der Waals surface area contributed by atoms with Crippen LogP contribution in [-0.4, -0.2) is 57.0 Å². The Hall–Kier alpha value is -0.620. The molecule has 1 rings (SSSR count). The molecule has 0 bridgehead atoms. The lowest BCUT2D eigenvalue weighted by Gasteiger charge is -2.22. The van der Waals surface area contributed by atoms with Crippen molar-refractivity contribution >= 4 is 16.8 Å². The molecule has 0 aromatic rings. The summed E-state index contributed by atoms with van der Waals surface area (Å²) < 4.78 is 11.5. The molecule has 1 aliphatic rings. The number of carbonyl (C=O) groups is 1. The molecule has 2 atom stereocenters. The van der Waals surface area contributed by atoms with Crippen molar-refractivity contribution in [3.05, 3.63) is 0 Å². The van der Waals surface area contributed by atoms with Gasteiger partial charge < -0.3 is 15.3 Å². The van der Waals surface area contributed by atoms with E-state index in [1.165, 1.54) is 4.90 Å². The number of aliphatic hydroxyl groups excluding tert-OH is 1. The van der Waals surface area contributed by atoms with Crippen LogP contribution >= 0.6 is 0 Å². The fourth-order valence-corrected chi connectivity index (χ4v) is 2.59. The number of aliphatic hydroxyl groups is 1. The first kappa shape index (κ1) is 16.4. The molecule has 0 spiro atoms. The van der Waals surface area contributed by atoms with Crippen LogP contribution in [0.1, 0.15) is 33.6 Å². The van der Waals surface area contributed by atoms with E-state index >= 15 is 0 Å². The Kier molecular flexibility index (Phi) is 5.80. The van der Waals surface area contributed by atoms with Crippen molar-refractivity contribution in [2.45, 2.75) is 44.5 Å². The van der Waals surface area contributed by atoms with Gasteiger partial charge in [-0.25, -0.2) is 4.79 Å². The number of rotatable bonds is 6. The number of likely N-dealkylation sites (N-methyl/N-ethyl adjacent to an activating group) is 1. The molecule has 1 fully saturated rings. The first-order valence-corrected chi connectivity index (χ1v) is 8.09. The van der Waals surface area contributed by atoms with E-state index in [4.69, 9.17) is 0 Å². The Morgan fingerprint density at radius 1 is 1.47 bits per heavy atom. The fraction of sp³-hybridized carbons (Fsp3) is 0.923. The maximum Gasteiger partial charge on any atom is 0.317 e. The lowest BCUT2D eigenvalue weighted by molar-refractivity contribution is 0.113. The van der Waals surface area contributed by atoms with Gasteiger partial charge in [0.05, 0.1) is 6.10 Å². The largest absolute Gasteiger partial charge is 0.391 e. The molecule has 6 heteroatoms. The summed E-state index contributed by atoms with van der Waals surface area (Å²) in [5, 5.41) is 12.5. The molecule has 0 aromatic heterocycles. The maximum absolute atomic E-state index is 11.8. The minimum Gasteiger partial charge on any atom is -0.391 e. The Morgan fingerprint density at radius 3 is 2.53 bits per heavy atom. The van der Waals surface area contributed by atoms with E-state index in [1.54, 1.807) is 7.05 Å². The summed E-state index contributed by atoms with van der Waals surface area (Å²) in [6.07, 6.45) is 1.70. The molecule has 112 valence electrons. The van der Waals surface area contributed by atoms with Crippen LogP contribution in [0.4, 0.5) is 4.79 Å². The number of urea groups is 1. The first-order chi connectivity index (χ1) is 8.71. The van der Waals surface area contributed by atoms with Gasteiger partial charge in [-0.15, -0.1) is 0 Å². The van der Waals surface area contributed by atoms with Gasteiger partial charge in [0.25, 0.3) is 0 Å². The summed E-state index contributed by atoms with van der Waals surface area (Å²) in [6, 6.07) is -0.217. The predicted molar refractivity (Wildman–Crippen MR) is 77.5 cm³/mol. The lowest BCUT2D eigenvalue weighted by Crippen LogP contribution is -2.43. The van der Waals surface area contributed by atoms with Gasteiger partial charge in [0.15, 0.2) is 0 Å². The standard InChI is InChI=1S/C13H26N2O3S/c1-13(2,3)19(18)8-7-14-12(17)15(4)9-11(16)10-5-6-10/h10-11,16H,5-9H2,1-4H3,(H,14,17). The topological polar surface area (TPSA) is 69.6 Å². The molecule has 5 nitrogen and oxygen atoms in total. The SMILES string of the molecule is CN(CC(O)C1CC1)C(=O)NCCS(=O)C(C)(C)C. The van der Waals surface area contributed by atoms with Crippen molar-refractivity contribution in [2.75, 3.05) is 25.9 Å². The summed E-state index contributed by atoms with van der Waals surface area (Å²) in [7, 11) is 0.711. The summed E-state index contributed by atoms with van der Waals surface area (Å²) in [4.78, 5) is 13.2. The molecule has 0 heterocycles. The molecule has 0 saturated heterocycles. The third-order valence-corrected chi connectivity index (χ3v) is 5.16. The van der Waals surface area contributed by atoms with E-state index in [0.717, 1.165) is 12.8 Å². The van der Waals surface area contributed by atoms with Gasteiger partial charge in [0.1, 0.15) is 0 Å². The average Bonchev–Trinajstić information content (AvgIpc) is 3.10. The second kappa shape index (κ2) is 6.70. The van der Waals surface area contributed by atoms with Gasteiger partial charge in [-0.1, -0.05) is 0 Å². The molecule has 1 aliphatic carbocycles. The number of carbonyl (C=O) groups excluding carboxylic acids is 1. The van der Waals surface area contributed by atoms with Crippen molar-refractivity contribution in [1.82, 2.24) is 10.2 Å². The highest BCUT2D eigenvalue weighted by atomic mass is 32.2. The molecule has 0 aliphatic heterocycles. The van der Waals surface area contributed by atoms with Gasteiger partial charge in [0, 0.05) is 41.4 Å². The Morgan fingerprint density at radius 2 is 2.05 bits per heavy atom. The minimum absolute atomic E-state index is 0.217. The number of amides is 2. The van der Waals surface area contributed by atoms with Crippen LogP contribution in [0.25, 0.3) is 0 Å². The third kappa shape index (κ3) is 5.91. The molecule has 0 aromatic carbocycles. The molecular weight excluding hydrogens is 264 g/mol. The number of hydrogen-bond donors (Lipinski definition) is 2. The summed E-state index contributed by atoms with van der Waals surface area (Å²) >= 11 is 0. The van der Waals surface area contributed by atoms with E-state index in [9.17, 15) is 14.1 Å². The highest BCUT2D eigenvalue weighted by molar-refractivity contribution is 7.86. The van der Waals surface area contributed by atoms with Gasteiger partial charge in [0.2, 0.25) is 0 Å². The van der Waals surface area contributed by atoms with Crippen LogP contribution in [-0.2, 0) is 10.8 Å². The molecular formula is C13H26N2O3S. The van der Waals surface area contributed by atoms with E-state index in [2.05, 4.69) is 5.32 Å². The zero-order chi connectivity index (χ0) is 14.6. The Balaban J connectivity index is 2.21. The Labute approximate surface area is 118 Å². The summed E-state index contributed by atoms with van der Waals surface area (Å²) in [5.74, 6) is 0.817. The van der Waals surface area contributed by atoms with Crippen LogP contribution in [0.5, 0.6) is 0 Å². The molecule has 2 N–H and O–H groups in total. The van der Waals surface area contributed by atoms with Crippen molar-refractivity contribution in [2.24, 2.45) is 5.92 Å². The van der Waals surface area contributed by atoms with E-state index in [-0.39, 0.29) is 10.8 Å².